The predicted octanol–water partition coefficient (Wildman–Crippen LogP) is 3.73. The Morgan fingerprint density at radius 3 is 2.88 bits per heavy atom. The maximum absolute atomic E-state index is 13.7. The minimum absolute atomic E-state index is 0.137. The smallest absolute Gasteiger partial charge is 0.221 e. The van der Waals surface area contributed by atoms with Crippen LogP contribution in [0.3, 0.4) is 0 Å². The second-order valence-electron chi connectivity index (χ2n) is 6.14. The number of ether oxygens (including phenoxy) is 2. The van der Waals surface area contributed by atoms with Gasteiger partial charge in [-0.05, 0) is 37.3 Å². The maximum Gasteiger partial charge on any atom is 0.221 e. The van der Waals surface area contributed by atoms with E-state index in [4.69, 9.17) is 9.47 Å². The average molecular weight is 344 g/mol. The minimum atomic E-state index is -0.472. The van der Waals surface area contributed by atoms with Gasteiger partial charge in [0.05, 0.1) is 12.8 Å². The summed E-state index contributed by atoms with van der Waals surface area (Å²) in [5.41, 5.74) is 2.96. The Balaban J connectivity index is 1.80. The second kappa shape index (κ2) is 7.01. The summed E-state index contributed by atoms with van der Waals surface area (Å²) < 4.78 is 25.0. The summed E-state index contributed by atoms with van der Waals surface area (Å²) in [6.07, 6.45) is 0.987. The van der Waals surface area contributed by atoms with Crippen molar-refractivity contribution in [2.45, 2.75) is 32.9 Å². The monoisotopic (exact) mass is 344 g/mol. The lowest BCUT2D eigenvalue weighted by atomic mass is 10.1. The molecule has 25 heavy (non-hydrogen) atoms. The Hall–Kier alpha value is -2.76. The zero-order chi connectivity index (χ0) is 18.0. The molecule has 2 aromatic rings. The summed E-state index contributed by atoms with van der Waals surface area (Å²) in [7, 11) is 1.64. The van der Waals surface area contributed by atoms with Gasteiger partial charge in [0.25, 0.3) is 0 Å². The molecule has 1 aliphatic rings. The van der Waals surface area contributed by atoms with Crippen molar-refractivity contribution in [2.24, 2.45) is 0 Å². The van der Waals surface area contributed by atoms with Crippen molar-refractivity contribution in [1.29, 1.82) is 0 Å². The second-order valence-corrected chi connectivity index (χ2v) is 6.14. The van der Waals surface area contributed by atoms with Crippen LogP contribution in [0.4, 0.5) is 15.8 Å². The molecule has 0 saturated carbocycles. The van der Waals surface area contributed by atoms with Crippen molar-refractivity contribution in [3.63, 3.8) is 0 Å². The first-order valence-electron chi connectivity index (χ1n) is 8.13. The largest absolute Gasteiger partial charge is 0.497 e. The van der Waals surface area contributed by atoms with Crippen molar-refractivity contribution in [3.8, 4) is 11.5 Å². The fourth-order valence-electron chi connectivity index (χ4n) is 2.95. The predicted molar refractivity (Wildman–Crippen MR) is 94.8 cm³/mol. The molecule has 0 spiro atoms. The van der Waals surface area contributed by atoms with E-state index in [0.717, 1.165) is 29.0 Å². The minimum Gasteiger partial charge on any atom is -0.497 e. The van der Waals surface area contributed by atoms with Gasteiger partial charge in [-0.15, -0.1) is 0 Å². The van der Waals surface area contributed by atoms with E-state index >= 15 is 0 Å². The van der Waals surface area contributed by atoms with Crippen LogP contribution in [0.2, 0.25) is 0 Å². The summed E-state index contributed by atoms with van der Waals surface area (Å²) in [6, 6.07) is 8.45. The Morgan fingerprint density at radius 2 is 2.16 bits per heavy atom. The van der Waals surface area contributed by atoms with Crippen molar-refractivity contribution < 1.29 is 18.7 Å². The van der Waals surface area contributed by atoms with Gasteiger partial charge in [0.15, 0.2) is 0 Å². The standard InChI is InChI=1S/C19H21FN2O3/c1-11-6-13-7-16(24-3)8-14(19(13)25-11)10-21-15-4-5-17(20)18(9-15)22-12(2)23/h4-5,7-9,11,21H,6,10H2,1-3H3,(H,22,23). The SMILES string of the molecule is COc1cc(CNc2ccc(F)c(NC(C)=O)c2)c2c(c1)CC(C)O2. The van der Waals surface area contributed by atoms with Gasteiger partial charge in [-0.25, -0.2) is 4.39 Å². The molecule has 1 atom stereocenters. The normalized spacial score (nSPS) is 15.3. The van der Waals surface area contributed by atoms with Gasteiger partial charge < -0.3 is 20.1 Å². The Bertz CT molecular complexity index is 807. The quantitative estimate of drug-likeness (QED) is 0.868. The molecule has 1 heterocycles. The third-order valence-electron chi connectivity index (χ3n) is 4.04. The number of anilines is 2. The molecule has 132 valence electrons. The number of methoxy groups -OCH3 is 1. The van der Waals surface area contributed by atoms with Gasteiger partial charge in [-0.2, -0.15) is 0 Å². The highest BCUT2D eigenvalue weighted by Crippen LogP contribution is 2.36. The van der Waals surface area contributed by atoms with Crippen molar-refractivity contribution in [2.75, 3.05) is 17.7 Å². The number of carbonyl (C=O) groups is 1. The molecule has 0 aliphatic carbocycles. The van der Waals surface area contributed by atoms with Gasteiger partial charge in [0.1, 0.15) is 23.4 Å². The molecule has 2 N–H and O–H groups in total. The topological polar surface area (TPSA) is 59.6 Å². The molecule has 6 heteroatoms. The van der Waals surface area contributed by atoms with E-state index < -0.39 is 5.82 Å². The van der Waals surface area contributed by atoms with Crippen LogP contribution in [0.5, 0.6) is 11.5 Å². The van der Waals surface area contributed by atoms with Crippen LogP contribution < -0.4 is 20.1 Å². The zero-order valence-corrected chi connectivity index (χ0v) is 14.5. The van der Waals surface area contributed by atoms with E-state index in [1.54, 1.807) is 19.2 Å². The van der Waals surface area contributed by atoms with Gasteiger partial charge in [0.2, 0.25) is 5.91 Å². The molecule has 0 radical (unpaired) electrons. The highest BCUT2D eigenvalue weighted by Gasteiger charge is 2.23. The molecule has 0 bridgehead atoms. The first kappa shape index (κ1) is 17.1. The highest BCUT2D eigenvalue weighted by atomic mass is 19.1. The fourth-order valence-corrected chi connectivity index (χ4v) is 2.95. The molecule has 2 aromatic carbocycles. The molecule has 5 nitrogen and oxygen atoms in total. The summed E-state index contributed by atoms with van der Waals surface area (Å²) in [4.78, 5) is 11.2. The molecular weight excluding hydrogens is 323 g/mol. The van der Waals surface area contributed by atoms with E-state index in [9.17, 15) is 9.18 Å². The first-order valence-corrected chi connectivity index (χ1v) is 8.13. The van der Waals surface area contributed by atoms with E-state index in [-0.39, 0.29) is 17.7 Å². The lowest BCUT2D eigenvalue weighted by Gasteiger charge is -2.14. The number of fused-ring (bicyclic) bond motifs is 1. The number of halogens is 1. The molecule has 1 aliphatic heterocycles. The number of carbonyl (C=O) groups excluding carboxylic acids is 1. The third-order valence-corrected chi connectivity index (χ3v) is 4.04. The Labute approximate surface area is 146 Å². The van der Waals surface area contributed by atoms with Crippen molar-refractivity contribution in [1.82, 2.24) is 0 Å². The van der Waals surface area contributed by atoms with Crippen LogP contribution in [0.25, 0.3) is 0 Å². The van der Waals surface area contributed by atoms with E-state index in [1.165, 1.54) is 13.0 Å². The van der Waals surface area contributed by atoms with E-state index in [2.05, 4.69) is 10.6 Å². The number of nitrogens with one attached hydrogen (secondary N) is 2. The molecular formula is C19H21FN2O3. The molecule has 3 rings (SSSR count). The zero-order valence-electron chi connectivity index (χ0n) is 14.5. The lowest BCUT2D eigenvalue weighted by Crippen LogP contribution is -2.09. The number of rotatable bonds is 5. The maximum atomic E-state index is 13.7. The van der Waals surface area contributed by atoms with Gasteiger partial charge in [0, 0.05) is 36.7 Å². The summed E-state index contributed by atoms with van der Waals surface area (Å²) in [6.45, 7) is 3.87. The van der Waals surface area contributed by atoms with Crippen LogP contribution >= 0.6 is 0 Å². The van der Waals surface area contributed by atoms with Crippen LogP contribution in [0.15, 0.2) is 30.3 Å². The first-order chi connectivity index (χ1) is 12.0. The average Bonchev–Trinajstić information content (AvgIpc) is 2.94. The number of benzene rings is 2. The van der Waals surface area contributed by atoms with E-state index in [1.807, 2.05) is 19.1 Å². The van der Waals surface area contributed by atoms with Gasteiger partial charge >= 0.3 is 0 Å². The summed E-state index contributed by atoms with van der Waals surface area (Å²) >= 11 is 0. The fraction of sp³-hybridized carbons (Fsp3) is 0.316. The molecule has 0 saturated heterocycles. The summed E-state index contributed by atoms with van der Waals surface area (Å²) in [5, 5.41) is 5.72. The number of hydrogen-bond acceptors (Lipinski definition) is 4. The molecule has 1 amide bonds. The Kier molecular flexibility index (Phi) is 4.79. The number of amides is 1. The van der Waals surface area contributed by atoms with Crippen molar-refractivity contribution >= 4 is 17.3 Å². The molecule has 0 fully saturated rings. The summed E-state index contributed by atoms with van der Waals surface area (Å²) in [5.74, 6) is 0.875. The van der Waals surface area contributed by atoms with Crippen LogP contribution in [-0.4, -0.2) is 19.1 Å². The van der Waals surface area contributed by atoms with Crippen LogP contribution in [-0.2, 0) is 17.8 Å². The van der Waals surface area contributed by atoms with Gasteiger partial charge in [-0.1, -0.05) is 0 Å². The highest BCUT2D eigenvalue weighted by molar-refractivity contribution is 5.89. The van der Waals surface area contributed by atoms with Gasteiger partial charge in [-0.3, -0.25) is 4.79 Å². The van der Waals surface area contributed by atoms with Crippen LogP contribution in [0, 0.1) is 5.82 Å². The third kappa shape index (κ3) is 3.84. The van der Waals surface area contributed by atoms with Crippen molar-refractivity contribution in [3.05, 3.63) is 47.3 Å². The molecule has 1 unspecified atom stereocenters. The Morgan fingerprint density at radius 1 is 1.36 bits per heavy atom. The molecule has 0 aromatic heterocycles. The number of hydrogen-bond donors (Lipinski definition) is 2. The lowest BCUT2D eigenvalue weighted by molar-refractivity contribution is -0.114. The van der Waals surface area contributed by atoms with E-state index in [0.29, 0.717) is 12.2 Å². The van der Waals surface area contributed by atoms with Crippen LogP contribution in [0.1, 0.15) is 25.0 Å².